The summed E-state index contributed by atoms with van der Waals surface area (Å²) in [6, 6.07) is 3.72. The van der Waals surface area contributed by atoms with Crippen molar-refractivity contribution in [1.29, 1.82) is 0 Å². The SMILES string of the molecule is CC1CC(CO)(CO)OC(n2c3cc(F)c(F)cc3c3c4c(c5c6cc(F)c(F)cc6[nH]c5c32)C(=O)NC4=O)C1C. The first kappa shape index (κ1) is 25.9. The van der Waals surface area contributed by atoms with Gasteiger partial charge in [-0.15, -0.1) is 0 Å². The van der Waals surface area contributed by atoms with E-state index in [0.29, 0.717) is 6.42 Å². The zero-order valence-electron chi connectivity index (χ0n) is 21.7. The van der Waals surface area contributed by atoms with E-state index in [9.17, 15) is 37.4 Å². The van der Waals surface area contributed by atoms with E-state index >= 15 is 0 Å². The van der Waals surface area contributed by atoms with Gasteiger partial charge in [0.2, 0.25) is 0 Å². The van der Waals surface area contributed by atoms with Gasteiger partial charge >= 0.3 is 0 Å². The highest BCUT2D eigenvalue weighted by atomic mass is 19.2. The fourth-order valence-corrected chi connectivity index (χ4v) is 6.63. The van der Waals surface area contributed by atoms with Crippen LogP contribution in [0.25, 0.3) is 43.6 Å². The summed E-state index contributed by atoms with van der Waals surface area (Å²) in [5.41, 5.74) is -0.957. The molecule has 12 heteroatoms. The number of ether oxygens (including phenoxy) is 1. The number of aliphatic hydroxyl groups excluding tert-OH is 2. The molecule has 3 atom stereocenters. The zero-order valence-corrected chi connectivity index (χ0v) is 21.7. The van der Waals surface area contributed by atoms with Gasteiger partial charge in [-0.2, -0.15) is 0 Å². The summed E-state index contributed by atoms with van der Waals surface area (Å²) in [6.45, 7) is 2.72. The predicted octanol–water partition coefficient (Wildman–Crippen LogP) is 4.78. The Morgan fingerprint density at radius 1 is 0.902 bits per heavy atom. The van der Waals surface area contributed by atoms with Crippen molar-refractivity contribution in [2.75, 3.05) is 13.2 Å². The van der Waals surface area contributed by atoms with Crippen LogP contribution in [0.3, 0.4) is 0 Å². The molecule has 4 heterocycles. The lowest BCUT2D eigenvalue weighted by atomic mass is 9.80. The van der Waals surface area contributed by atoms with Crippen molar-refractivity contribution in [2.24, 2.45) is 11.8 Å². The Morgan fingerprint density at radius 2 is 1.49 bits per heavy atom. The molecule has 0 aliphatic carbocycles. The third kappa shape index (κ3) is 3.32. The van der Waals surface area contributed by atoms with E-state index in [1.807, 2.05) is 13.8 Å². The summed E-state index contributed by atoms with van der Waals surface area (Å²) in [7, 11) is 0. The minimum Gasteiger partial charge on any atom is -0.393 e. The van der Waals surface area contributed by atoms with Crippen LogP contribution >= 0.6 is 0 Å². The zero-order chi connectivity index (χ0) is 29.1. The van der Waals surface area contributed by atoms with Gasteiger partial charge < -0.3 is 24.5 Å². The third-order valence-corrected chi connectivity index (χ3v) is 8.80. The monoisotopic (exact) mass is 569 g/mol. The molecule has 41 heavy (non-hydrogen) atoms. The molecular formula is C29H23F4N3O5. The molecule has 5 aromatic rings. The summed E-state index contributed by atoms with van der Waals surface area (Å²) in [6.07, 6.45) is -0.672. The molecule has 2 amide bonds. The summed E-state index contributed by atoms with van der Waals surface area (Å²) in [5.74, 6) is -6.70. The molecule has 2 aliphatic rings. The number of amides is 2. The molecule has 212 valence electrons. The molecular weight excluding hydrogens is 546 g/mol. The number of hydrogen-bond acceptors (Lipinski definition) is 5. The van der Waals surface area contributed by atoms with Crippen molar-refractivity contribution in [3.8, 4) is 0 Å². The minimum atomic E-state index is -1.37. The number of rotatable bonds is 3. The second kappa shape index (κ2) is 8.51. The van der Waals surface area contributed by atoms with Crippen LogP contribution in [0.2, 0.25) is 0 Å². The first-order valence-corrected chi connectivity index (χ1v) is 13.0. The van der Waals surface area contributed by atoms with Gasteiger partial charge in [-0.05, 0) is 24.5 Å². The fourth-order valence-electron chi connectivity index (χ4n) is 6.63. The summed E-state index contributed by atoms with van der Waals surface area (Å²) in [4.78, 5) is 29.4. The second-order valence-electron chi connectivity index (χ2n) is 11.1. The molecule has 8 nitrogen and oxygen atoms in total. The number of imide groups is 1. The maximum absolute atomic E-state index is 14.8. The van der Waals surface area contributed by atoms with Gasteiger partial charge in [0, 0.05) is 45.1 Å². The van der Waals surface area contributed by atoms with Crippen LogP contribution in [-0.4, -0.2) is 50.4 Å². The minimum absolute atomic E-state index is 0.102. The maximum Gasteiger partial charge on any atom is 0.259 e. The topological polar surface area (TPSA) is 117 Å². The van der Waals surface area contributed by atoms with Gasteiger partial charge in [-0.3, -0.25) is 14.9 Å². The third-order valence-electron chi connectivity index (χ3n) is 8.80. The first-order valence-electron chi connectivity index (χ1n) is 13.0. The van der Waals surface area contributed by atoms with Crippen LogP contribution in [-0.2, 0) is 4.74 Å². The Labute approximate surface area is 228 Å². The van der Waals surface area contributed by atoms with Gasteiger partial charge in [0.1, 0.15) is 11.8 Å². The average Bonchev–Trinajstić information content (AvgIpc) is 3.55. The predicted molar refractivity (Wildman–Crippen MR) is 140 cm³/mol. The number of benzene rings is 3. The summed E-state index contributed by atoms with van der Waals surface area (Å²) < 4.78 is 66.3. The molecule has 2 aliphatic heterocycles. The van der Waals surface area contributed by atoms with Crippen LogP contribution in [0.5, 0.6) is 0 Å². The van der Waals surface area contributed by atoms with Gasteiger partial charge in [-0.25, -0.2) is 17.6 Å². The summed E-state index contributed by atoms with van der Waals surface area (Å²) >= 11 is 0. The van der Waals surface area contributed by atoms with Crippen LogP contribution in [0.4, 0.5) is 17.6 Å². The highest BCUT2D eigenvalue weighted by molar-refractivity contribution is 6.39. The Hall–Kier alpha value is -4.00. The Bertz CT molecular complexity index is 1990. The van der Waals surface area contributed by atoms with E-state index in [-0.39, 0.29) is 66.6 Å². The van der Waals surface area contributed by atoms with Crippen molar-refractivity contribution in [3.05, 3.63) is 58.7 Å². The Balaban J connectivity index is 1.74. The van der Waals surface area contributed by atoms with Gasteiger partial charge in [-0.1, -0.05) is 13.8 Å². The number of fused-ring (bicyclic) bond motifs is 10. The quantitative estimate of drug-likeness (QED) is 0.184. The molecule has 3 aromatic carbocycles. The average molecular weight is 570 g/mol. The van der Waals surface area contributed by atoms with Gasteiger partial charge in [0.25, 0.3) is 11.8 Å². The smallest absolute Gasteiger partial charge is 0.259 e. The van der Waals surface area contributed by atoms with E-state index < -0.39 is 60.1 Å². The number of nitrogens with one attached hydrogen (secondary N) is 2. The second-order valence-corrected chi connectivity index (χ2v) is 11.1. The van der Waals surface area contributed by atoms with Gasteiger partial charge in [0.15, 0.2) is 23.3 Å². The molecule has 7 rings (SSSR count). The van der Waals surface area contributed by atoms with Crippen LogP contribution in [0.1, 0.15) is 47.2 Å². The van der Waals surface area contributed by atoms with E-state index in [1.54, 1.807) is 4.57 Å². The molecule has 4 N–H and O–H groups in total. The number of aliphatic hydroxyl groups is 2. The number of carbonyl (C=O) groups is 2. The van der Waals surface area contributed by atoms with Crippen molar-refractivity contribution >= 4 is 55.4 Å². The van der Waals surface area contributed by atoms with Crippen molar-refractivity contribution in [1.82, 2.24) is 14.9 Å². The molecule has 2 aromatic heterocycles. The van der Waals surface area contributed by atoms with Crippen molar-refractivity contribution in [2.45, 2.75) is 32.1 Å². The van der Waals surface area contributed by atoms with Crippen molar-refractivity contribution in [3.63, 3.8) is 0 Å². The van der Waals surface area contributed by atoms with E-state index in [1.165, 1.54) is 0 Å². The highest BCUT2D eigenvalue weighted by Gasteiger charge is 2.46. The first-order chi connectivity index (χ1) is 19.5. The van der Waals surface area contributed by atoms with E-state index in [0.717, 1.165) is 24.3 Å². The highest BCUT2D eigenvalue weighted by Crippen LogP contribution is 2.49. The number of hydrogen-bond donors (Lipinski definition) is 4. The van der Waals surface area contributed by atoms with Crippen LogP contribution in [0.15, 0.2) is 24.3 Å². The van der Waals surface area contributed by atoms with Crippen LogP contribution < -0.4 is 5.32 Å². The lowest BCUT2D eigenvalue weighted by molar-refractivity contribution is -0.225. The lowest BCUT2D eigenvalue weighted by Gasteiger charge is -2.46. The number of aromatic amines is 1. The van der Waals surface area contributed by atoms with Crippen molar-refractivity contribution < 1.29 is 42.1 Å². The van der Waals surface area contributed by atoms with Gasteiger partial charge in [0.05, 0.1) is 40.9 Å². The molecule has 0 bridgehead atoms. The lowest BCUT2D eigenvalue weighted by Crippen LogP contribution is -2.50. The fraction of sp³-hybridized carbons (Fsp3) is 0.310. The molecule has 1 saturated heterocycles. The molecule has 0 spiro atoms. The molecule has 3 unspecified atom stereocenters. The number of carbonyl (C=O) groups excluding carboxylic acids is 2. The Kier molecular flexibility index (Phi) is 5.38. The molecule has 0 saturated carbocycles. The Morgan fingerprint density at radius 3 is 2.15 bits per heavy atom. The molecule has 0 radical (unpaired) electrons. The number of halogens is 4. The normalized spacial score (nSPS) is 22.4. The summed E-state index contributed by atoms with van der Waals surface area (Å²) in [5, 5.41) is 23.1. The number of H-pyrrole nitrogens is 1. The van der Waals surface area contributed by atoms with E-state index in [2.05, 4.69) is 10.3 Å². The maximum atomic E-state index is 14.8. The van der Waals surface area contributed by atoms with Crippen LogP contribution in [0, 0.1) is 35.1 Å². The largest absolute Gasteiger partial charge is 0.393 e. The number of nitrogens with zero attached hydrogens (tertiary/aromatic N) is 1. The molecule has 1 fully saturated rings. The van der Waals surface area contributed by atoms with E-state index in [4.69, 9.17) is 4.74 Å². The number of aromatic nitrogens is 2. The standard InChI is InChI=1S/C29H23F4N3O5/c1-10-7-29(8-37,9-38)41-28(11(10)2)36-19-6-17(33)15(31)4-13(19)21-23-22(26(39)35-27(23)40)20-12-3-14(30)16(32)5-18(12)34-24(20)25(21)36/h3-6,10-11,28,34,37-38H,7-9H2,1-2H3,(H,35,39,40).